The topological polar surface area (TPSA) is 50.8 Å². The highest BCUT2D eigenvalue weighted by Gasteiger charge is 2.17. The first-order valence-corrected chi connectivity index (χ1v) is 12.0. The van der Waals surface area contributed by atoms with Gasteiger partial charge in [-0.25, -0.2) is 0 Å². The van der Waals surface area contributed by atoms with Crippen molar-refractivity contribution in [1.29, 1.82) is 0 Å². The minimum atomic E-state index is -0.0164. The van der Waals surface area contributed by atoms with Crippen molar-refractivity contribution in [2.75, 3.05) is 31.2 Å². The molecule has 0 aliphatic carbocycles. The fraction of sp³-hybridized carbons (Fsp3) is 0.519. The molecule has 2 aromatic rings. The van der Waals surface area contributed by atoms with Crippen molar-refractivity contribution < 1.29 is 14.3 Å². The molecule has 2 aromatic carbocycles. The molecule has 1 aliphatic heterocycles. The van der Waals surface area contributed by atoms with Crippen molar-refractivity contribution in [2.45, 2.75) is 59.4 Å². The first kappa shape index (κ1) is 24.0. The van der Waals surface area contributed by atoms with Crippen LogP contribution in [0.4, 0.5) is 5.69 Å². The fourth-order valence-corrected chi connectivity index (χ4v) is 4.15. The lowest BCUT2D eigenvalue weighted by atomic mass is 9.98. The van der Waals surface area contributed by atoms with E-state index in [1.807, 2.05) is 39.0 Å². The van der Waals surface area contributed by atoms with Crippen LogP contribution in [-0.4, -0.2) is 32.2 Å². The molecule has 1 amide bonds. The van der Waals surface area contributed by atoms with Crippen LogP contribution in [0.5, 0.6) is 11.5 Å². The highest BCUT2D eigenvalue weighted by molar-refractivity contribution is 5.76. The van der Waals surface area contributed by atoms with E-state index >= 15 is 0 Å². The predicted molar refractivity (Wildman–Crippen MR) is 131 cm³/mol. The van der Waals surface area contributed by atoms with Crippen LogP contribution in [0.15, 0.2) is 42.5 Å². The van der Waals surface area contributed by atoms with E-state index < -0.39 is 0 Å². The maximum Gasteiger partial charge on any atom is 0.220 e. The standard InChI is InChI=1S/C27H38N2O3/c1-5-31-25-13-7-22(19-26(25)32-6-2)8-14-27(30)28-21(4)23-9-11-24(12-10-23)29-17-15-20(3)16-18-29/h7,9-13,19-21H,5-6,8,14-18H2,1-4H3,(H,28,30)/t21-/m0/s1. The van der Waals surface area contributed by atoms with Crippen LogP contribution < -0.4 is 19.7 Å². The van der Waals surface area contributed by atoms with Gasteiger partial charge in [-0.1, -0.05) is 25.1 Å². The van der Waals surface area contributed by atoms with Crippen LogP contribution >= 0.6 is 0 Å². The van der Waals surface area contributed by atoms with E-state index in [9.17, 15) is 4.79 Å². The molecule has 174 valence electrons. The maximum atomic E-state index is 12.5. The number of benzene rings is 2. The summed E-state index contributed by atoms with van der Waals surface area (Å²) in [6.45, 7) is 11.7. The minimum Gasteiger partial charge on any atom is -0.490 e. The van der Waals surface area contributed by atoms with Crippen molar-refractivity contribution >= 4 is 11.6 Å². The van der Waals surface area contributed by atoms with Crippen LogP contribution in [-0.2, 0) is 11.2 Å². The van der Waals surface area contributed by atoms with E-state index in [0.29, 0.717) is 26.1 Å². The van der Waals surface area contributed by atoms with E-state index in [2.05, 4.69) is 41.4 Å². The molecule has 0 bridgehead atoms. The monoisotopic (exact) mass is 438 g/mol. The summed E-state index contributed by atoms with van der Waals surface area (Å²) >= 11 is 0. The Bertz CT molecular complexity index is 858. The lowest BCUT2D eigenvalue weighted by Crippen LogP contribution is -2.32. The lowest BCUT2D eigenvalue weighted by Gasteiger charge is -2.32. The molecule has 1 aliphatic rings. The summed E-state index contributed by atoms with van der Waals surface area (Å²) in [6.07, 6.45) is 3.62. The molecule has 0 saturated carbocycles. The lowest BCUT2D eigenvalue weighted by molar-refractivity contribution is -0.121. The molecule has 1 N–H and O–H groups in total. The normalized spacial score (nSPS) is 15.3. The number of amides is 1. The molecule has 0 spiro atoms. The van der Waals surface area contributed by atoms with Gasteiger partial charge >= 0.3 is 0 Å². The molecule has 0 radical (unpaired) electrons. The van der Waals surface area contributed by atoms with Gasteiger partial charge in [0.25, 0.3) is 0 Å². The molecular formula is C27H38N2O3. The Morgan fingerprint density at radius 1 is 1.03 bits per heavy atom. The number of ether oxygens (including phenoxy) is 2. The third-order valence-electron chi connectivity index (χ3n) is 6.17. The van der Waals surface area contributed by atoms with Crippen molar-refractivity contribution in [2.24, 2.45) is 5.92 Å². The fourth-order valence-electron chi connectivity index (χ4n) is 4.15. The van der Waals surface area contributed by atoms with Gasteiger partial charge in [0.15, 0.2) is 11.5 Å². The number of rotatable bonds is 10. The average Bonchev–Trinajstić information content (AvgIpc) is 2.80. The number of carbonyl (C=O) groups is 1. The van der Waals surface area contributed by atoms with Gasteiger partial charge in [0.05, 0.1) is 19.3 Å². The summed E-state index contributed by atoms with van der Waals surface area (Å²) in [5.74, 6) is 2.37. The number of hydrogen-bond acceptors (Lipinski definition) is 4. The van der Waals surface area contributed by atoms with Gasteiger partial charge in [-0.15, -0.1) is 0 Å². The van der Waals surface area contributed by atoms with E-state index in [-0.39, 0.29) is 11.9 Å². The molecule has 5 nitrogen and oxygen atoms in total. The van der Waals surface area contributed by atoms with Crippen LogP contribution in [0.1, 0.15) is 64.1 Å². The maximum absolute atomic E-state index is 12.5. The Balaban J connectivity index is 1.51. The Kier molecular flexibility index (Phi) is 8.83. The second-order valence-corrected chi connectivity index (χ2v) is 8.70. The summed E-state index contributed by atoms with van der Waals surface area (Å²) in [7, 11) is 0. The van der Waals surface area contributed by atoms with Gasteiger partial charge in [-0.2, -0.15) is 0 Å². The number of aryl methyl sites for hydroxylation is 1. The summed E-state index contributed by atoms with van der Waals surface area (Å²) < 4.78 is 11.3. The van der Waals surface area contributed by atoms with Gasteiger partial charge < -0.3 is 19.7 Å². The molecule has 3 rings (SSSR count). The predicted octanol–water partition coefficient (Wildman–Crippen LogP) is 5.53. The first-order valence-electron chi connectivity index (χ1n) is 12.0. The van der Waals surface area contributed by atoms with Crippen molar-refractivity contribution in [3.63, 3.8) is 0 Å². The van der Waals surface area contributed by atoms with Crippen LogP contribution in [0.3, 0.4) is 0 Å². The van der Waals surface area contributed by atoms with Crippen molar-refractivity contribution in [1.82, 2.24) is 5.32 Å². The SMILES string of the molecule is CCOc1ccc(CCC(=O)N[C@@H](C)c2ccc(N3CCC(C)CC3)cc2)cc1OCC. The third kappa shape index (κ3) is 6.65. The van der Waals surface area contributed by atoms with E-state index in [1.54, 1.807) is 0 Å². The second kappa shape index (κ2) is 11.8. The number of piperidine rings is 1. The number of hydrogen-bond donors (Lipinski definition) is 1. The Morgan fingerprint density at radius 3 is 2.34 bits per heavy atom. The zero-order valence-electron chi connectivity index (χ0n) is 20.0. The quantitative estimate of drug-likeness (QED) is 0.530. The van der Waals surface area contributed by atoms with E-state index in [1.165, 1.54) is 18.5 Å². The summed E-state index contributed by atoms with van der Waals surface area (Å²) in [4.78, 5) is 15.0. The molecule has 1 atom stereocenters. The highest BCUT2D eigenvalue weighted by atomic mass is 16.5. The first-order chi connectivity index (χ1) is 15.5. The number of carbonyl (C=O) groups excluding carboxylic acids is 1. The minimum absolute atomic E-state index is 0.0164. The molecule has 32 heavy (non-hydrogen) atoms. The Hall–Kier alpha value is -2.69. The smallest absolute Gasteiger partial charge is 0.220 e. The number of anilines is 1. The molecular weight excluding hydrogens is 400 g/mol. The van der Waals surface area contributed by atoms with E-state index in [4.69, 9.17) is 9.47 Å². The zero-order chi connectivity index (χ0) is 22.9. The molecule has 5 heteroatoms. The molecule has 1 heterocycles. The largest absolute Gasteiger partial charge is 0.490 e. The van der Waals surface area contributed by atoms with Gasteiger partial charge in [-0.05, 0) is 81.3 Å². The summed E-state index contributed by atoms with van der Waals surface area (Å²) in [5.41, 5.74) is 3.48. The van der Waals surface area contributed by atoms with Gasteiger partial charge in [0.2, 0.25) is 5.91 Å². The molecule has 1 fully saturated rings. The summed E-state index contributed by atoms with van der Waals surface area (Å²) in [6, 6.07) is 14.5. The highest BCUT2D eigenvalue weighted by Crippen LogP contribution is 2.29. The van der Waals surface area contributed by atoms with Gasteiger partial charge in [0.1, 0.15) is 0 Å². The summed E-state index contributed by atoms with van der Waals surface area (Å²) in [5, 5.41) is 3.13. The van der Waals surface area contributed by atoms with Gasteiger partial charge in [-0.3, -0.25) is 4.79 Å². The third-order valence-corrected chi connectivity index (χ3v) is 6.17. The van der Waals surface area contributed by atoms with Gasteiger partial charge in [0, 0.05) is 25.2 Å². The van der Waals surface area contributed by atoms with Crippen molar-refractivity contribution in [3.05, 3.63) is 53.6 Å². The number of nitrogens with zero attached hydrogens (tertiary/aromatic N) is 1. The molecule has 0 unspecified atom stereocenters. The van der Waals surface area contributed by atoms with E-state index in [0.717, 1.165) is 41.6 Å². The average molecular weight is 439 g/mol. The second-order valence-electron chi connectivity index (χ2n) is 8.70. The van der Waals surface area contributed by atoms with Crippen LogP contribution in [0.2, 0.25) is 0 Å². The Morgan fingerprint density at radius 2 is 1.69 bits per heavy atom. The van der Waals surface area contributed by atoms with Crippen LogP contribution in [0, 0.1) is 5.92 Å². The zero-order valence-corrected chi connectivity index (χ0v) is 20.0. The van der Waals surface area contributed by atoms with Crippen LogP contribution in [0.25, 0.3) is 0 Å². The Labute approximate surface area is 193 Å². The number of nitrogens with one attached hydrogen (secondary N) is 1. The van der Waals surface area contributed by atoms with Crippen molar-refractivity contribution in [3.8, 4) is 11.5 Å². The molecule has 1 saturated heterocycles. The molecule has 0 aromatic heterocycles.